The Kier molecular flexibility index (Phi) is 7.95. The summed E-state index contributed by atoms with van der Waals surface area (Å²) in [7, 11) is 1.29. The maximum absolute atomic E-state index is 12.5. The van der Waals surface area contributed by atoms with E-state index in [0.717, 1.165) is 16.5 Å². The van der Waals surface area contributed by atoms with Crippen LogP contribution >= 0.6 is 0 Å². The van der Waals surface area contributed by atoms with E-state index in [9.17, 15) is 9.59 Å². The van der Waals surface area contributed by atoms with Crippen molar-refractivity contribution in [3.63, 3.8) is 0 Å². The fourth-order valence-electron chi connectivity index (χ4n) is 3.64. The summed E-state index contributed by atoms with van der Waals surface area (Å²) in [6.07, 6.45) is 4.78. The summed E-state index contributed by atoms with van der Waals surface area (Å²) in [5.41, 5.74) is 1.38. The van der Waals surface area contributed by atoms with Crippen molar-refractivity contribution in [3.8, 4) is 17.4 Å². The number of nitrogens with one attached hydrogen (secondary N) is 1. The van der Waals surface area contributed by atoms with Gasteiger partial charge in [0.2, 0.25) is 11.8 Å². The topological polar surface area (TPSA) is 86.8 Å². The zero-order chi connectivity index (χ0) is 26.2. The van der Waals surface area contributed by atoms with Gasteiger partial charge in [-0.3, -0.25) is 4.79 Å². The van der Waals surface area contributed by atoms with Crippen LogP contribution in [0, 0.1) is 0 Å². The summed E-state index contributed by atoms with van der Waals surface area (Å²) < 4.78 is 16.5. The van der Waals surface area contributed by atoms with E-state index in [0.29, 0.717) is 22.9 Å². The number of rotatable bonds is 10. The lowest BCUT2D eigenvalue weighted by Gasteiger charge is -2.12. The highest BCUT2D eigenvalue weighted by Gasteiger charge is 2.14. The molecule has 0 spiro atoms. The fourth-order valence-corrected chi connectivity index (χ4v) is 3.64. The smallest absolute Gasteiger partial charge is 0.339 e. The summed E-state index contributed by atoms with van der Waals surface area (Å²) >= 11 is 0. The van der Waals surface area contributed by atoms with Crippen molar-refractivity contribution in [2.75, 3.05) is 12.4 Å². The first-order valence-electron chi connectivity index (χ1n) is 11.5. The van der Waals surface area contributed by atoms with Crippen LogP contribution in [0.25, 0.3) is 10.8 Å². The Balaban J connectivity index is 1.38. The number of pyridine rings is 1. The molecule has 0 radical (unpaired) electrons. The predicted molar refractivity (Wildman–Crippen MR) is 143 cm³/mol. The van der Waals surface area contributed by atoms with Crippen LogP contribution in [0.4, 0.5) is 5.69 Å². The van der Waals surface area contributed by atoms with Crippen molar-refractivity contribution >= 4 is 28.3 Å². The number of hydrogen-bond acceptors (Lipinski definition) is 6. The zero-order valence-electron chi connectivity index (χ0n) is 20.3. The lowest BCUT2D eigenvalue weighted by molar-refractivity contribution is -0.115. The van der Waals surface area contributed by atoms with Crippen molar-refractivity contribution in [2.45, 2.75) is 12.5 Å². The molecule has 1 heterocycles. The molecule has 4 rings (SSSR count). The van der Waals surface area contributed by atoms with E-state index in [1.54, 1.807) is 54.7 Å². The predicted octanol–water partition coefficient (Wildman–Crippen LogP) is 6.11. The Hall–Kier alpha value is -4.91. The number of amides is 1. The van der Waals surface area contributed by atoms with Crippen LogP contribution in [0.3, 0.4) is 0 Å². The lowest BCUT2D eigenvalue weighted by atomic mass is 10.1. The van der Waals surface area contributed by atoms with E-state index in [4.69, 9.17) is 14.2 Å². The number of fused-ring (bicyclic) bond motifs is 1. The first-order chi connectivity index (χ1) is 18.0. The van der Waals surface area contributed by atoms with Crippen LogP contribution in [0.2, 0.25) is 0 Å². The molecule has 0 atom stereocenters. The third kappa shape index (κ3) is 6.41. The molecule has 3 aromatic carbocycles. The molecule has 7 heteroatoms. The number of anilines is 1. The Bertz CT molecular complexity index is 1440. The molecule has 1 N–H and O–H groups in total. The molecule has 0 aliphatic rings. The van der Waals surface area contributed by atoms with Gasteiger partial charge in [-0.15, -0.1) is 0 Å². The number of nitrogens with zero attached hydrogens (tertiary/aromatic N) is 1. The Labute approximate surface area is 215 Å². The number of carbonyl (C=O) groups is 2. The minimum absolute atomic E-state index is 0.0851. The summed E-state index contributed by atoms with van der Waals surface area (Å²) in [4.78, 5) is 28.7. The van der Waals surface area contributed by atoms with Crippen LogP contribution < -0.4 is 14.8 Å². The maximum atomic E-state index is 12.5. The average molecular weight is 495 g/mol. The molecule has 0 saturated carbocycles. The molecule has 4 aromatic rings. The van der Waals surface area contributed by atoms with Crippen molar-refractivity contribution in [1.29, 1.82) is 0 Å². The van der Waals surface area contributed by atoms with Crippen LogP contribution in [0.1, 0.15) is 15.9 Å². The molecule has 1 aromatic heterocycles. The number of ether oxygens (including phenoxy) is 3. The molecule has 0 saturated heterocycles. The molecule has 186 valence electrons. The second-order valence-electron chi connectivity index (χ2n) is 8.09. The van der Waals surface area contributed by atoms with Gasteiger partial charge in [0.1, 0.15) is 17.6 Å². The standard InChI is InChI=1S/C30H26N2O5/c1-4-23(5-2)36-24-13-11-22-18-25(14-12-21(22)17-24)37-29-15-10-20(19-31-29)16-28(33)32-27-9-7-6-8-26(27)30(34)35-3/h4-15,17-19,23H,1-2,16H2,3H3,(H,32,33). The molecular formula is C30H26N2O5. The van der Waals surface area contributed by atoms with Gasteiger partial charge in [-0.05, 0) is 64.9 Å². The Morgan fingerprint density at radius 2 is 1.65 bits per heavy atom. The van der Waals surface area contributed by atoms with Crippen molar-refractivity contribution in [1.82, 2.24) is 4.98 Å². The molecule has 0 bridgehead atoms. The number of benzene rings is 3. The summed E-state index contributed by atoms with van der Waals surface area (Å²) in [5, 5.41) is 4.73. The molecule has 1 amide bonds. The van der Waals surface area contributed by atoms with Gasteiger partial charge < -0.3 is 19.5 Å². The van der Waals surface area contributed by atoms with Crippen molar-refractivity contribution in [3.05, 3.63) is 115 Å². The third-order valence-electron chi connectivity index (χ3n) is 5.51. The van der Waals surface area contributed by atoms with E-state index in [-0.39, 0.29) is 24.0 Å². The number of para-hydroxylation sites is 1. The average Bonchev–Trinajstić information content (AvgIpc) is 2.92. The molecule has 0 fully saturated rings. The van der Waals surface area contributed by atoms with Gasteiger partial charge in [-0.1, -0.05) is 43.5 Å². The minimum Gasteiger partial charge on any atom is -0.482 e. The minimum atomic E-state index is -0.518. The normalized spacial score (nSPS) is 10.5. The van der Waals surface area contributed by atoms with Crippen LogP contribution in [0.15, 0.2) is 104 Å². The fraction of sp³-hybridized carbons (Fsp3) is 0.100. The molecule has 0 aliphatic heterocycles. The van der Waals surface area contributed by atoms with E-state index >= 15 is 0 Å². The molecule has 0 aliphatic carbocycles. The SMILES string of the molecule is C=CC(C=C)Oc1ccc2cc(Oc3ccc(CC(=O)Nc4ccccc4C(=O)OC)cn3)ccc2c1. The van der Waals surface area contributed by atoms with E-state index in [2.05, 4.69) is 23.5 Å². The second-order valence-corrected chi connectivity index (χ2v) is 8.09. The van der Waals surface area contributed by atoms with Gasteiger partial charge >= 0.3 is 5.97 Å². The van der Waals surface area contributed by atoms with Crippen LogP contribution in [-0.4, -0.2) is 30.1 Å². The number of methoxy groups -OCH3 is 1. The number of aromatic nitrogens is 1. The first-order valence-corrected chi connectivity index (χ1v) is 11.5. The number of esters is 1. The van der Waals surface area contributed by atoms with Gasteiger partial charge in [0.05, 0.1) is 24.8 Å². The summed E-state index contributed by atoms with van der Waals surface area (Å²) in [6.45, 7) is 7.47. The van der Waals surface area contributed by atoms with Gasteiger partial charge in [0, 0.05) is 12.3 Å². The maximum Gasteiger partial charge on any atom is 0.339 e. The zero-order valence-corrected chi connectivity index (χ0v) is 20.3. The molecule has 37 heavy (non-hydrogen) atoms. The lowest BCUT2D eigenvalue weighted by Crippen LogP contribution is -2.17. The largest absolute Gasteiger partial charge is 0.482 e. The highest BCUT2D eigenvalue weighted by molar-refractivity contribution is 6.01. The van der Waals surface area contributed by atoms with Crippen LogP contribution in [-0.2, 0) is 16.0 Å². The number of carbonyl (C=O) groups excluding carboxylic acids is 2. The second kappa shape index (κ2) is 11.7. The summed E-state index contributed by atoms with van der Waals surface area (Å²) in [6, 6.07) is 21.6. The van der Waals surface area contributed by atoms with E-state index in [1.165, 1.54) is 7.11 Å². The molecule has 7 nitrogen and oxygen atoms in total. The van der Waals surface area contributed by atoms with Crippen molar-refractivity contribution < 1.29 is 23.8 Å². The number of hydrogen-bond donors (Lipinski definition) is 1. The van der Waals surface area contributed by atoms with Gasteiger partial charge in [-0.25, -0.2) is 9.78 Å². The highest BCUT2D eigenvalue weighted by atomic mass is 16.5. The van der Waals surface area contributed by atoms with Crippen molar-refractivity contribution in [2.24, 2.45) is 0 Å². The van der Waals surface area contributed by atoms with E-state index in [1.807, 2.05) is 36.4 Å². The third-order valence-corrected chi connectivity index (χ3v) is 5.51. The monoisotopic (exact) mass is 494 g/mol. The summed E-state index contributed by atoms with van der Waals surface area (Å²) in [5.74, 6) is 0.960. The van der Waals surface area contributed by atoms with Gasteiger partial charge in [0.25, 0.3) is 0 Å². The first kappa shape index (κ1) is 25.2. The van der Waals surface area contributed by atoms with Crippen LogP contribution in [0.5, 0.6) is 17.4 Å². The Morgan fingerprint density at radius 3 is 2.32 bits per heavy atom. The Morgan fingerprint density at radius 1 is 0.946 bits per heavy atom. The van der Waals surface area contributed by atoms with Gasteiger partial charge in [-0.2, -0.15) is 0 Å². The highest BCUT2D eigenvalue weighted by Crippen LogP contribution is 2.28. The van der Waals surface area contributed by atoms with E-state index < -0.39 is 5.97 Å². The quantitative estimate of drug-likeness (QED) is 0.211. The molecule has 0 unspecified atom stereocenters. The van der Waals surface area contributed by atoms with Gasteiger partial charge in [0.15, 0.2) is 0 Å². The molecular weight excluding hydrogens is 468 g/mol.